The van der Waals surface area contributed by atoms with Crippen molar-refractivity contribution in [2.75, 3.05) is 7.05 Å². The van der Waals surface area contributed by atoms with Gasteiger partial charge in [-0.2, -0.15) is 0 Å². The van der Waals surface area contributed by atoms with Crippen LogP contribution in [-0.4, -0.2) is 13.1 Å². The molecule has 0 heterocycles. The Kier molecular flexibility index (Phi) is 6.07. The molecule has 0 aromatic heterocycles. The van der Waals surface area contributed by atoms with Gasteiger partial charge in [0.1, 0.15) is 0 Å². The maximum Gasteiger partial charge on any atom is 0.0178 e. The highest BCUT2D eigenvalue weighted by atomic mass is 79.9. The lowest BCUT2D eigenvalue weighted by Crippen LogP contribution is -2.34. The number of halogens is 1. The Morgan fingerprint density at radius 2 is 2.12 bits per heavy atom. The van der Waals surface area contributed by atoms with E-state index in [0.29, 0.717) is 6.04 Å². The Hall–Kier alpha value is -0.340. The zero-order valence-electron chi connectivity index (χ0n) is 10.5. The van der Waals surface area contributed by atoms with Crippen LogP contribution in [0.4, 0.5) is 0 Å². The van der Waals surface area contributed by atoms with E-state index in [1.165, 1.54) is 22.9 Å². The molecule has 0 aliphatic carbocycles. The summed E-state index contributed by atoms with van der Waals surface area (Å²) in [5.74, 6) is 0.731. The molecule has 16 heavy (non-hydrogen) atoms. The van der Waals surface area contributed by atoms with E-state index in [2.05, 4.69) is 66.4 Å². The van der Waals surface area contributed by atoms with E-state index in [1.54, 1.807) is 0 Å². The molecule has 0 aliphatic heterocycles. The molecule has 0 radical (unpaired) electrons. The van der Waals surface area contributed by atoms with Crippen molar-refractivity contribution in [1.29, 1.82) is 0 Å². The molecule has 0 bridgehead atoms. The van der Waals surface area contributed by atoms with Crippen LogP contribution in [-0.2, 0) is 6.42 Å². The minimum absolute atomic E-state index is 0.578. The molecule has 2 heteroatoms. The first-order valence-electron chi connectivity index (χ1n) is 6.09. The first kappa shape index (κ1) is 13.7. The molecule has 0 saturated heterocycles. The quantitative estimate of drug-likeness (QED) is 0.832. The van der Waals surface area contributed by atoms with Gasteiger partial charge in [0, 0.05) is 10.5 Å². The van der Waals surface area contributed by atoms with E-state index in [4.69, 9.17) is 0 Å². The molecule has 0 amide bonds. The second-order valence-corrected chi connectivity index (χ2v) is 5.41. The molecular weight excluding hydrogens is 262 g/mol. The molecule has 1 aromatic carbocycles. The van der Waals surface area contributed by atoms with Gasteiger partial charge in [-0.25, -0.2) is 0 Å². The van der Waals surface area contributed by atoms with Crippen molar-refractivity contribution >= 4 is 15.9 Å². The number of nitrogens with one attached hydrogen (secondary N) is 1. The monoisotopic (exact) mass is 283 g/mol. The van der Waals surface area contributed by atoms with Gasteiger partial charge in [0.15, 0.2) is 0 Å². The van der Waals surface area contributed by atoms with Gasteiger partial charge in [0.05, 0.1) is 0 Å². The van der Waals surface area contributed by atoms with Crippen LogP contribution < -0.4 is 5.32 Å². The molecule has 0 spiro atoms. The van der Waals surface area contributed by atoms with Crippen LogP contribution in [0.15, 0.2) is 28.7 Å². The Balaban J connectivity index is 2.62. The second kappa shape index (κ2) is 7.08. The van der Waals surface area contributed by atoms with Gasteiger partial charge in [-0.15, -0.1) is 0 Å². The molecule has 0 fully saturated rings. The first-order valence-corrected chi connectivity index (χ1v) is 6.88. The van der Waals surface area contributed by atoms with Crippen LogP contribution in [0.2, 0.25) is 0 Å². The van der Waals surface area contributed by atoms with Crippen molar-refractivity contribution in [3.63, 3.8) is 0 Å². The first-order chi connectivity index (χ1) is 7.67. The third-order valence-electron chi connectivity index (χ3n) is 3.15. The van der Waals surface area contributed by atoms with Gasteiger partial charge in [-0.05, 0) is 43.5 Å². The fourth-order valence-electron chi connectivity index (χ4n) is 2.16. The van der Waals surface area contributed by atoms with E-state index >= 15 is 0 Å². The predicted octanol–water partition coefficient (Wildman–Crippen LogP) is 4.02. The Bertz CT molecular complexity index is 311. The van der Waals surface area contributed by atoms with Gasteiger partial charge in [0.25, 0.3) is 0 Å². The molecular formula is C14H22BrN. The van der Waals surface area contributed by atoms with Gasteiger partial charge < -0.3 is 5.32 Å². The van der Waals surface area contributed by atoms with Gasteiger partial charge in [-0.1, -0.05) is 48.3 Å². The Labute approximate surface area is 108 Å². The molecule has 0 aliphatic rings. The highest BCUT2D eigenvalue weighted by Gasteiger charge is 2.14. The summed E-state index contributed by atoms with van der Waals surface area (Å²) < 4.78 is 1.17. The molecule has 0 saturated carbocycles. The topological polar surface area (TPSA) is 12.0 Å². The average molecular weight is 284 g/mol. The zero-order valence-corrected chi connectivity index (χ0v) is 12.0. The third kappa shape index (κ3) is 4.26. The number of hydrogen-bond donors (Lipinski definition) is 1. The van der Waals surface area contributed by atoms with Crippen molar-refractivity contribution in [2.45, 2.75) is 39.2 Å². The highest BCUT2D eigenvalue weighted by molar-refractivity contribution is 9.10. The van der Waals surface area contributed by atoms with Gasteiger partial charge in [-0.3, -0.25) is 0 Å². The summed E-state index contributed by atoms with van der Waals surface area (Å²) in [7, 11) is 2.06. The van der Waals surface area contributed by atoms with Crippen LogP contribution in [0.3, 0.4) is 0 Å². The highest BCUT2D eigenvalue weighted by Crippen LogP contribution is 2.18. The van der Waals surface area contributed by atoms with Crippen LogP contribution in [0.25, 0.3) is 0 Å². The summed E-state index contributed by atoms with van der Waals surface area (Å²) in [6.07, 6.45) is 3.66. The molecule has 90 valence electrons. The van der Waals surface area contributed by atoms with Crippen LogP contribution >= 0.6 is 15.9 Å². The van der Waals surface area contributed by atoms with Crippen LogP contribution in [0, 0.1) is 5.92 Å². The van der Waals surface area contributed by atoms with Gasteiger partial charge >= 0.3 is 0 Å². The minimum atomic E-state index is 0.578. The summed E-state index contributed by atoms with van der Waals surface area (Å²) >= 11 is 3.52. The van der Waals surface area contributed by atoms with Crippen molar-refractivity contribution in [2.24, 2.45) is 5.92 Å². The second-order valence-electron chi connectivity index (χ2n) is 4.50. The lowest BCUT2D eigenvalue weighted by Gasteiger charge is -2.23. The van der Waals surface area contributed by atoms with Crippen molar-refractivity contribution < 1.29 is 0 Å². The number of likely N-dealkylation sites (N-methyl/N-ethyl adjacent to an activating group) is 1. The molecule has 1 N–H and O–H groups in total. The van der Waals surface area contributed by atoms with E-state index in [9.17, 15) is 0 Å². The summed E-state index contributed by atoms with van der Waals surface area (Å²) in [5, 5.41) is 3.44. The predicted molar refractivity (Wildman–Crippen MR) is 74.8 cm³/mol. The normalized spacial score (nSPS) is 14.8. The Morgan fingerprint density at radius 3 is 2.69 bits per heavy atom. The minimum Gasteiger partial charge on any atom is -0.316 e. The molecule has 1 aromatic rings. The molecule has 1 rings (SSSR count). The fourth-order valence-corrected chi connectivity index (χ4v) is 2.61. The SMILES string of the molecule is CCCC(C)C(Cc1cccc(Br)c1)NC. The zero-order chi connectivity index (χ0) is 12.0. The average Bonchev–Trinajstić information content (AvgIpc) is 2.26. The van der Waals surface area contributed by atoms with E-state index in [0.717, 1.165) is 12.3 Å². The van der Waals surface area contributed by atoms with E-state index in [1.807, 2.05) is 0 Å². The third-order valence-corrected chi connectivity index (χ3v) is 3.64. The summed E-state index contributed by atoms with van der Waals surface area (Å²) in [5.41, 5.74) is 1.40. The van der Waals surface area contributed by atoms with Crippen molar-refractivity contribution in [3.05, 3.63) is 34.3 Å². The largest absolute Gasteiger partial charge is 0.316 e. The summed E-state index contributed by atoms with van der Waals surface area (Å²) in [6, 6.07) is 9.18. The van der Waals surface area contributed by atoms with E-state index in [-0.39, 0.29) is 0 Å². The van der Waals surface area contributed by atoms with Crippen molar-refractivity contribution in [3.8, 4) is 0 Å². The molecule has 1 nitrogen and oxygen atoms in total. The van der Waals surface area contributed by atoms with Gasteiger partial charge in [0.2, 0.25) is 0 Å². The molecule has 2 unspecified atom stereocenters. The fraction of sp³-hybridized carbons (Fsp3) is 0.571. The summed E-state index contributed by atoms with van der Waals surface area (Å²) in [6.45, 7) is 4.59. The Morgan fingerprint density at radius 1 is 1.38 bits per heavy atom. The smallest absolute Gasteiger partial charge is 0.0178 e. The van der Waals surface area contributed by atoms with E-state index < -0.39 is 0 Å². The maximum absolute atomic E-state index is 3.52. The lowest BCUT2D eigenvalue weighted by molar-refractivity contribution is 0.371. The number of benzene rings is 1. The summed E-state index contributed by atoms with van der Waals surface area (Å²) in [4.78, 5) is 0. The standard InChI is InChI=1S/C14H22BrN/c1-4-6-11(2)14(16-3)10-12-7-5-8-13(15)9-12/h5,7-9,11,14,16H,4,6,10H2,1-3H3. The molecule has 2 atom stereocenters. The van der Waals surface area contributed by atoms with Crippen molar-refractivity contribution in [1.82, 2.24) is 5.32 Å². The maximum atomic E-state index is 3.52. The van der Waals surface area contributed by atoms with Crippen LogP contribution in [0.5, 0.6) is 0 Å². The lowest BCUT2D eigenvalue weighted by atomic mass is 9.92. The van der Waals surface area contributed by atoms with Crippen LogP contribution in [0.1, 0.15) is 32.3 Å². The number of rotatable bonds is 6. The number of hydrogen-bond acceptors (Lipinski definition) is 1.